The summed E-state index contributed by atoms with van der Waals surface area (Å²) in [5, 5.41) is 3.42. The van der Waals surface area contributed by atoms with Gasteiger partial charge in [-0.1, -0.05) is 66.7 Å². The summed E-state index contributed by atoms with van der Waals surface area (Å²) in [7, 11) is -3.83. The van der Waals surface area contributed by atoms with Gasteiger partial charge in [0.1, 0.15) is 5.70 Å². The first-order chi connectivity index (χ1) is 17.5. The quantitative estimate of drug-likeness (QED) is 0.366. The van der Waals surface area contributed by atoms with E-state index in [0.29, 0.717) is 42.7 Å². The molecule has 1 saturated heterocycles. The monoisotopic (exact) mass is 504 g/mol. The van der Waals surface area contributed by atoms with Crippen molar-refractivity contribution in [2.45, 2.75) is 6.92 Å². The van der Waals surface area contributed by atoms with Gasteiger partial charge >= 0.3 is 0 Å². The summed E-state index contributed by atoms with van der Waals surface area (Å²) in [4.78, 5) is 28.9. The smallest absolute Gasteiger partial charge is 0.271 e. The van der Waals surface area contributed by atoms with Crippen molar-refractivity contribution < 1.29 is 23.4 Å². The molecule has 0 aromatic heterocycles. The van der Waals surface area contributed by atoms with Crippen LogP contribution in [0, 0.1) is 0 Å². The van der Waals surface area contributed by atoms with Crippen molar-refractivity contribution in [1.29, 1.82) is 0 Å². The van der Waals surface area contributed by atoms with Crippen molar-refractivity contribution >= 4 is 29.8 Å². The molecule has 1 aliphatic rings. The van der Waals surface area contributed by atoms with Crippen LogP contribution in [0.5, 0.6) is 0 Å². The van der Waals surface area contributed by atoms with E-state index in [2.05, 4.69) is 5.32 Å². The predicted octanol–water partition coefficient (Wildman–Crippen LogP) is 4.28. The maximum absolute atomic E-state index is 14.8. The van der Waals surface area contributed by atoms with Crippen molar-refractivity contribution in [3.8, 4) is 0 Å². The number of carbonyl (C=O) groups is 2. The Kier molecular flexibility index (Phi) is 8.49. The lowest BCUT2D eigenvalue weighted by Crippen LogP contribution is -2.45. The molecule has 1 N–H and O–H groups in total. The van der Waals surface area contributed by atoms with Gasteiger partial charge in [0.25, 0.3) is 19.2 Å². The molecule has 0 aliphatic carbocycles. The third-order valence-corrected chi connectivity index (χ3v) is 8.44. The summed E-state index contributed by atoms with van der Waals surface area (Å²) in [5.41, 5.74) is 0.851. The van der Waals surface area contributed by atoms with Gasteiger partial charge in [-0.3, -0.25) is 14.2 Å². The summed E-state index contributed by atoms with van der Waals surface area (Å²) in [6.07, 6.45) is 0. The van der Waals surface area contributed by atoms with E-state index >= 15 is 0 Å². The molecule has 1 fully saturated rings. The lowest BCUT2D eigenvalue weighted by Gasteiger charge is -2.30. The minimum atomic E-state index is -3.83. The molecule has 1 unspecified atom stereocenters. The Labute approximate surface area is 211 Å². The van der Waals surface area contributed by atoms with Crippen LogP contribution in [-0.2, 0) is 18.6 Å². The maximum Gasteiger partial charge on any atom is 0.271 e. The lowest BCUT2D eigenvalue weighted by atomic mass is 10.1. The molecule has 1 atom stereocenters. The Morgan fingerprint density at radius 3 is 1.94 bits per heavy atom. The van der Waals surface area contributed by atoms with Crippen LogP contribution in [-0.4, -0.2) is 49.6 Å². The molecule has 0 spiro atoms. The van der Waals surface area contributed by atoms with Crippen LogP contribution in [0.4, 0.5) is 0 Å². The first-order valence-corrected chi connectivity index (χ1v) is 13.5. The first kappa shape index (κ1) is 25.6. The second kappa shape index (κ2) is 12.0. The Bertz CT molecular complexity index is 1260. The number of ether oxygens (including phenoxy) is 1. The number of hydrogen-bond acceptors (Lipinski definition) is 5. The number of nitrogens with zero attached hydrogens (tertiary/aromatic N) is 1. The van der Waals surface area contributed by atoms with Gasteiger partial charge < -0.3 is 19.5 Å². The van der Waals surface area contributed by atoms with Crippen LogP contribution in [0.15, 0.2) is 96.7 Å². The zero-order chi connectivity index (χ0) is 25.4. The molecule has 3 aromatic rings. The topological polar surface area (TPSA) is 84.9 Å². The molecular weight excluding hydrogens is 475 g/mol. The fraction of sp³-hybridized carbons (Fsp3) is 0.214. The standard InChI is InChI=1S/C28H29N2O5P/c1-2-35-36(33,24-16-10-5-11-17-24)26(22-12-6-3-7-13-22)25(28(32)30-18-20-34-21-19-30)29-27(31)23-14-8-4-9-15-23/h3-17H,2,18-21H2,1H3,(H,29,31)/b26-25+. The number of nitrogens with one attached hydrogen (secondary N) is 1. The zero-order valence-electron chi connectivity index (χ0n) is 20.1. The molecule has 186 valence electrons. The third-order valence-electron chi connectivity index (χ3n) is 5.77. The second-order valence-electron chi connectivity index (χ2n) is 8.12. The van der Waals surface area contributed by atoms with Crippen molar-refractivity contribution in [2.24, 2.45) is 0 Å². The van der Waals surface area contributed by atoms with E-state index in [-0.39, 0.29) is 17.6 Å². The Morgan fingerprint density at radius 2 is 1.39 bits per heavy atom. The number of hydrogen-bond donors (Lipinski definition) is 1. The average Bonchev–Trinajstić information content (AvgIpc) is 2.94. The highest BCUT2D eigenvalue weighted by Crippen LogP contribution is 2.59. The Balaban J connectivity index is 1.97. The van der Waals surface area contributed by atoms with E-state index in [0.717, 1.165) is 0 Å². The van der Waals surface area contributed by atoms with Crippen LogP contribution < -0.4 is 10.6 Å². The van der Waals surface area contributed by atoms with Crippen molar-refractivity contribution in [3.63, 3.8) is 0 Å². The van der Waals surface area contributed by atoms with Crippen molar-refractivity contribution in [1.82, 2.24) is 10.2 Å². The fourth-order valence-electron chi connectivity index (χ4n) is 4.05. The summed E-state index contributed by atoms with van der Waals surface area (Å²) < 4.78 is 26.2. The molecule has 4 rings (SSSR count). The molecule has 1 aliphatic heterocycles. The van der Waals surface area contributed by atoms with E-state index in [1.807, 2.05) is 12.1 Å². The molecule has 1 heterocycles. The van der Waals surface area contributed by atoms with Gasteiger partial charge in [0.2, 0.25) is 0 Å². The van der Waals surface area contributed by atoms with Gasteiger partial charge in [0.05, 0.1) is 25.1 Å². The SMILES string of the molecule is CCOP(=O)(/C(=C(/NC(=O)c1ccccc1)C(=O)N1CCOCC1)c1ccccc1)c1ccccc1. The Morgan fingerprint density at radius 1 is 0.861 bits per heavy atom. The van der Waals surface area contributed by atoms with E-state index in [9.17, 15) is 14.2 Å². The highest BCUT2D eigenvalue weighted by atomic mass is 31.2. The van der Waals surface area contributed by atoms with Crippen LogP contribution in [0.2, 0.25) is 0 Å². The van der Waals surface area contributed by atoms with E-state index in [4.69, 9.17) is 9.26 Å². The van der Waals surface area contributed by atoms with Gasteiger partial charge in [-0.2, -0.15) is 0 Å². The van der Waals surface area contributed by atoms with Crippen LogP contribution in [0.3, 0.4) is 0 Å². The van der Waals surface area contributed by atoms with Crippen molar-refractivity contribution in [2.75, 3.05) is 32.9 Å². The largest absolute Gasteiger partial charge is 0.378 e. The number of carbonyl (C=O) groups excluding carboxylic acids is 2. The van der Waals surface area contributed by atoms with Gasteiger partial charge in [0.15, 0.2) is 0 Å². The average molecular weight is 505 g/mol. The first-order valence-electron chi connectivity index (χ1n) is 11.9. The summed E-state index contributed by atoms with van der Waals surface area (Å²) >= 11 is 0. The maximum atomic E-state index is 14.8. The van der Waals surface area contributed by atoms with E-state index < -0.39 is 19.2 Å². The molecule has 0 bridgehead atoms. The molecule has 0 saturated carbocycles. The van der Waals surface area contributed by atoms with Crippen LogP contribution in [0.1, 0.15) is 22.8 Å². The minimum Gasteiger partial charge on any atom is -0.378 e. The molecule has 8 heteroatoms. The predicted molar refractivity (Wildman–Crippen MR) is 140 cm³/mol. The van der Waals surface area contributed by atoms with Crippen molar-refractivity contribution in [3.05, 3.63) is 108 Å². The number of amides is 2. The molecule has 0 radical (unpaired) electrons. The third kappa shape index (κ3) is 5.65. The van der Waals surface area contributed by atoms with Gasteiger partial charge in [0, 0.05) is 24.0 Å². The minimum absolute atomic E-state index is 0.0578. The molecular formula is C28H29N2O5P. The summed E-state index contributed by atoms with van der Waals surface area (Å²) in [6.45, 7) is 3.38. The highest BCUT2D eigenvalue weighted by molar-refractivity contribution is 7.77. The van der Waals surface area contributed by atoms with Crippen LogP contribution in [0.25, 0.3) is 5.31 Å². The molecule has 2 amide bonds. The van der Waals surface area contributed by atoms with Crippen LogP contribution >= 0.6 is 7.37 Å². The van der Waals surface area contributed by atoms with Gasteiger partial charge in [-0.15, -0.1) is 0 Å². The number of benzene rings is 3. The van der Waals surface area contributed by atoms with Gasteiger partial charge in [-0.25, -0.2) is 0 Å². The van der Waals surface area contributed by atoms with E-state index in [1.165, 1.54) is 0 Å². The highest BCUT2D eigenvalue weighted by Gasteiger charge is 2.38. The normalized spacial score (nSPS) is 16.0. The summed E-state index contributed by atoms with van der Waals surface area (Å²) in [6, 6.07) is 26.4. The number of morpholine rings is 1. The molecule has 3 aromatic carbocycles. The fourth-order valence-corrected chi connectivity index (χ4v) is 6.45. The lowest BCUT2D eigenvalue weighted by molar-refractivity contribution is -0.131. The number of rotatable bonds is 8. The van der Waals surface area contributed by atoms with Gasteiger partial charge in [-0.05, 0) is 36.8 Å². The zero-order valence-corrected chi connectivity index (χ0v) is 21.0. The summed E-state index contributed by atoms with van der Waals surface area (Å²) in [5.74, 6) is -0.908. The molecule has 36 heavy (non-hydrogen) atoms. The Hall–Kier alpha value is -3.51. The molecule has 7 nitrogen and oxygen atoms in total. The second-order valence-corrected chi connectivity index (χ2v) is 10.4. The van der Waals surface area contributed by atoms with E-state index in [1.54, 1.807) is 90.7 Å².